The van der Waals surface area contributed by atoms with Gasteiger partial charge in [0.1, 0.15) is 5.70 Å². The number of thiazole rings is 1. The van der Waals surface area contributed by atoms with Crippen LogP contribution in [-0.4, -0.2) is 67.5 Å². The number of ether oxygens (including phenoxy) is 1. The molecule has 3 N–H and O–H groups in total. The number of allylic oxidation sites excluding steroid dienone is 1. The zero-order valence-electron chi connectivity index (χ0n) is 22.9. The predicted octanol–water partition coefficient (Wildman–Crippen LogP) is 4.53. The van der Waals surface area contributed by atoms with Crippen LogP contribution in [0.3, 0.4) is 0 Å². The first-order valence-corrected chi connectivity index (χ1v) is 16.0. The van der Waals surface area contributed by atoms with Crippen LogP contribution >= 0.6 is 22.9 Å². The van der Waals surface area contributed by atoms with Crippen LogP contribution in [0, 0.1) is 17.7 Å². The van der Waals surface area contributed by atoms with Crippen molar-refractivity contribution in [2.45, 2.75) is 33.2 Å². The van der Waals surface area contributed by atoms with Gasteiger partial charge >= 0.3 is 0 Å². The number of nitrogens with zero attached hydrogens (tertiary/aromatic N) is 3. The molecule has 1 amide bonds. The van der Waals surface area contributed by atoms with Crippen LogP contribution in [0.2, 0.25) is 5.02 Å². The van der Waals surface area contributed by atoms with E-state index in [4.69, 9.17) is 21.7 Å². The van der Waals surface area contributed by atoms with Gasteiger partial charge in [-0.2, -0.15) is 17.4 Å². The quantitative estimate of drug-likeness (QED) is 0.165. The summed E-state index contributed by atoms with van der Waals surface area (Å²) in [5.41, 5.74) is 2.59. The van der Waals surface area contributed by atoms with Gasteiger partial charge in [0, 0.05) is 55.1 Å². The predicted molar refractivity (Wildman–Crippen MR) is 162 cm³/mol. The number of fused-ring (bicyclic) bond motifs is 1. The number of amides is 1. The van der Waals surface area contributed by atoms with Crippen molar-refractivity contribution in [3.05, 3.63) is 69.5 Å². The Morgan fingerprint density at radius 3 is 2.63 bits per heavy atom. The highest BCUT2D eigenvalue weighted by molar-refractivity contribution is 7.87. The smallest absolute Gasteiger partial charge is 0.293 e. The standard InChI is InChI=1S/C28H33ClN6O4S2/c1-19-32-23-7-6-20(14-25(23)40-19)17-31-41(37,38)35-12-10-34(11-13-35)24(16-30)26(39-18-28(2)8-9-28)27(36)33-22-5-3-4-21(29)15-22/h3-7,14-16,30-31H,8-13,17-18H2,1-2H3,(H,33,36)/b26-24-,30-16?. The lowest BCUT2D eigenvalue weighted by molar-refractivity contribution is -0.116. The minimum absolute atomic E-state index is 0.0105. The van der Waals surface area contributed by atoms with Gasteiger partial charge in [0.2, 0.25) is 5.76 Å². The van der Waals surface area contributed by atoms with Crippen molar-refractivity contribution in [2.24, 2.45) is 5.41 Å². The Bertz CT molecular complexity index is 1590. The van der Waals surface area contributed by atoms with Gasteiger partial charge in [0.05, 0.1) is 21.8 Å². The lowest BCUT2D eigenvalue weighted by Gasteiger charge is -2.36. The minimum atomic E-state index is -3.74. The molecule has 0 atom stereocenters. The summed E-state index contributed by atoms with van der Waals surface area (Å²) in [6.45, 7) is 5.55. The molecule has 1 aromatic heterocycles. The Morgan fingerprint density at radius 1 is 1.20 bits per heavy atom. The van der Waals surface area contributed by atoms with Gasteiger partial charge in [-0.15, -0.1) is 11.3 Å². The van der Waals surface area contributed by atoms with E-state index in [0.29, 0.717) is 36.1 Å². The fourth-order valence-electron chi connectivity index (χ4n) is 4.54. The molecule has 1 aliphatic heterocycles. The van der Waals surface area contributed by atoms with Crippen LogP contribution in [0.4, 0.5) is 5.69 Å². The minimum Gasteiger partial charge on any atom is -0.486 e. The van der Waals surface area contributed by atoms with Gasteiger partial charge in [0.25, 0.3) is 16.1 Å². The van der Waals surface area contributed by atoms with Crippen LogP contribution in [-0.2, 0) is 26.3 Å². The summed E-state index contributed by atoms with van der Waals surface area (Å²) >= 11 is 7.65. The summed E-state index contributed by atoms with van der Waals surface area (Å²) in [6.07, 6.45) is 3.12. The number of carbonyl (C=O) groups is 1. The summed E-state index contributed by atoms with van der Waals surface area (Å²) in [6, 6.07) is 12.5. The highest BCUT2D eigenvalue weighted by Gasteiger charge is 2.39. The molecule has 5 rings (SSSR count). The molecule has 2 aliphatic rings. The first-order valence-electron chi connectivity index (χ1n) is 13.4. The number of aryl methyl sites for hydroxylation is 1. The van der Waals surface area contributed by atoms with Gasteiger partial charge in [-0.05, 0) is 55.7 Å². The number of benzene rings is 2. The van der Waals surface area contributed by atoms with Crippen LogP contribution in [0.15, 0.2) is 53.9 Å². The highest BCUT2D eigenvalue weighted by atomic mass is 35.5. The van der Waals surface area contributed by atoms with E-state index in [9.17, 15) is 13.2 Å². The number of piperazine rings is 1. The van der Waals surface area contributed by atoms with E-state index in [0.717, 1.165) is 39.8 Å². The molecule has 41 heavy (non-hydrogen) atoms. The van der Waals surface area contributed by atoms with Crippen molar-refractivity contribution in [3.63, 3.8) is 0 Å². The number of aromatic nitrogens is 1. The molecule has 1 aliphatic carbocycles. The number of hydrogen-bond acceptors (Lipinski definition) is 8. The van der Waals surface area contributed by atoms with Crippen molar-refractivity contribution < 1.29 is 17.9 Å². The fraction of sp³-hybridized carbons (Fsp3) is 0.393. The van der Waals surface area contributed by atoms with Crippen LogP contribution in [0.25, 0.3) is 10.2 Å². The molecular weight excluding hydrogens is 584 g/mol. The largest absolute Gasteiger partial charge is 0.486 e. The molecule has 0 bridgehead atoms. The average Bonchev–Trinajstić information content (AvgIpc) is 3.56. The second-order valence-corrected chi connectivity index (χ2v) is 14.1. The third kappa shape index (κ3) is 7.25. The lowest BCUT2D eigenvalue weighted by Crippen LogP contribution is -2.52. The monoisotopic (exact) mass is 616 g/mol. The van der Waals surface area contributed by atoms with E-state index >= 15 is 0 Å². The maximum Gasteiger partial charge on any atom is 0.293 e. The fourth-order valence-corrected chi connectivity index (χ4v) is 6.80. The summed E-state index contributed by atoms with van der Waals surface area (Å²) in [4.78, 5) is 19.6. The van der Waals surface area contributed by atoms with E-state index in [1.165, 1.54) is 4.31 Å². The van der Waals surface area contributed by atoms with Crippen molar-refractivity contribution in [2.75, 3.05) is 38.1 Å². The van der Waals surface area contributed by atoms with Gasteiger partial charge in [-0.3, -0.25) is 4.79 Å². The molecule has 2 heterocycles. The Morgan fingerprint density at radius 2 is 1.95 bits per heavy atom. The Balaban J connectivity index is 1.26. The first-order chi connectivity index (χ1) is 19.5. The number of nitrogens with one attached hydrogen (secondary N) is 3. The topological polar surface area (TPSA) is 128 Å². The first kappa shape index (κ1) is 29.5. The average molecular weight is 617 g/mol. The van der Waals surface area contributed by atoms with E-state index < -0.39 is 16.1 Å². The molecule has 10 nitrogen and oxygen atoms in total. The van der Waals surface area contributed by atoms with Crippen molar-refractivity contribution in [3.8, 4) is 0 Å². The van der Waals surface area contributed by atoms with Gasteiger partial charge in [-0.25, -0.2) is 4.98 Å². The zero-order valence-corrected chi connectivity index (χ0v) is 25.3. The van der Waals surface area contributed by atoms with Crippen LogP contribution in [0.1, 0.15) is 30.3 Å². The lowest BCUT2D eigenvalue weighted by atomic mass is 10.2. The second kappa shape index (κ2) is 12.1. The van der Waals surface area contributed by atoms with Crippen molar-refractivity contribution in [1.29, 1.82) is 5.41 Å². The molecule has 0 unspecified atom stereocenters. The molecular formula is C28H33ClN6O4S2. The van der Waals surface area contributed by atoms with Gasteiger partial charge < -0.3 is 20.4 Å². The highest BCUT2D eigenvalue weighted by Crippen LogP contribution is 2.45. The van der Waals surface area contributed by atoms with E-state index in [2.05, 4.69) is 21.9 Å². The maximum absolute atomic E-state index is 13.3. The molecule has 0 spiro atoms. The van der Waals surface area contributed by atoms with Gasteiger partial charge in [-0.1, -0.05) is 30.7 Å². The van der Waals surface area contributed by atoms with E-state index in [1.54, 1.807) is 35.6 Å². The Labute approximate surface area is 249 Å². The molecule has 1 saturated heterocycles. The summed E-state index contributed by atoms with van der Waals surface area (Å²) in [5, 5.41) is 12.4. The third-order valence-electron chi connectivity index (χ3n) is 7.26. The Hall–Kier alpha value is -3.03. The number of rotatable bonds is 11. The zero-order chi connectivity index (χ0) is 29.2. The number of halogens is 1. The van der Waals surface area contributed by atoms with Crippen molar-refractivity contribution in [1.82, 2.24) is 18.9 Å². The molecule has 1 saturated carbocycles. The number of hydrogen-bond donors (Lipinski definition) is 3. The number of carbonyl (C=O) groups excluding carboxylic acids is 1. The van der Waals surface area contributed by atoms with E-state index in [-0.39, 0.29) is 30.8 Å². The normalized spacial score (nSPS) is 17.7. The van der Waals surface area contributed by atoms with Crippen LogP contribution < -0.4 is 10.0 Å². The number of anilines is 1. The maximum atomic E-state index is 13.3. The molecule has 13 heteroatoms. The van der Waals surface area contributed by atoms with Crippen LogP contribution in [0.5, 0.6) is 0 Å². The summed E-state index contributed by atoms with van der Waals surface area (Å²) in [5.74, 6) is -0.448. The van der Waals surface area contributed by atoms with Gasteiger partial charge in [0.15, 0.2) is 0 Å². The summed E-state index contributed by atoms with van der Waals surface area (Å²) < 4.78 is 37.3. The molecule has 218 valence electrons. The summed E-state index contributed by atoms with van der Waals surface area (Å²) in [7, 11) is -3.74. The molecule has 2 fully saturated rings. The SMILES string of the molecule is Cc1nc2ccc(CNS(=O)(=O)N3CCN(/C(C=N)=C(\OCC4(C)CC4)C(=O)Nc4cccc(Cl)c4)CC3)cc2s1. The van der Waals surface area contributed by atoms with E-state index in [1.807, 2.05) is 30.0 Å². The third-order valence-corrected chi connectivity index (χ3v) is 9.99. The second-order valence-electron chi connectivity index (χ2n) is 10.7. The van der Waals surface area contributed by atoms with Crippen molar-refractivity contribution >= 4 is 61.2 Å². The Kier molecular flexibility index (Phi) is 8.67. The molecule has 3 aromatic rings. The molecule has 2 aromatic carbocycles. The molecule has 0 radical (unpaired) electrons.